The lowest BCUT2D eigenvalue weighted by atomic mass is 10.3. The van der Waals surface area contributed by atoms with Gasteiger partial charge in [0.2, 0.25) is 6.79 Å². The van der Waals surface area contributed by atoms with Gasteiger partial charge in [0.15, 0.2) is 28.1 Å². The first-order chi connectivity index (χ1) is 12.2. The number of hydrogen-bond donors (Lipinski definition) is 2. The lowest BCUT2D eigenvalue weighted by molar-refractivity contribution is 0.174. The molecule has 2 N–H and O–H groups in total. The number of para-hydroxylation sites is 2. The van der Waals surface area contributed by atoms with Crippen LogP contribution in [0.1, 0.15) is 6.92 Å². The SMILES string of the molecule is COc1ccccc1OC[C@@H](C)NC(=S)Nc1ccc2c(c1)OCO2. The molecule has 0 saturated heterocycles. The van der Waals surface area contributed by atoms with E-state index in [1.807, 2.05) is 49.4 Å². The Morgan fingerprint density at radius 1 is 1.16 bits per heavy atom. The summed E-state index contributed by atoms with van der Waals surface area (Å²) in [6.45, 7) is 2.69. The minimum atomic E-state index is 0.0129. The highest BCUT2D eigenvalue weighted by atomic mass is 32.1. The maximum atomic E-state index is 5.79. The number of thiocarbonyl (C=S) groups is 1. The van der Waals surface area contributed by atoms with Gasteiger partial charge in [0.1, 0.15) is 6.61 Å². The molecule has 0 fully saturated rings. The Morgan fingerprint density at radius 3 is 2.72 bits per heavy atom. The van der Waals surface area contributed by atoms with Crippen molar-refractivity contribution in [3.05, 3.63) is 42.5 Å². The Labute approximate surface area is 152 Å². The molecular formula is C18H20N2O4S. The van der Waals surface area contributed by atoms with E-state index < -0.39 is 0 Å². The van der Waals surface area contributed by atoms with Crippen LogP contribution in [0, 0.1) is 0 Å². The van der Waals surface area contributed by atoms with Crippen LogP contribution in [-0.4, -0.2) is 31.7 Å². The smallest absolute Gasteiger partial charge is 0.231 e. The van der Waals surface area contributed by atoms with Gasteiger partial charge in [0.05, 0.1) is 13.2 Å². The van der Waals surface area contributed by atoms with Gasteiger partial charge < -0.3 is 29.6 Å². The van der Waals surface area contributed by atoms with Crippen molar-refractivity contribution in [3.8, 4) is 23.0 Å². The van der Waals surface area contributed by atoms with Gasteiger partial charge in [0, 0.05) is 11.8 Å². The highest BCUT2D eigenvalue weighted by molar-refractivity contribution is 7.80. The van der Waals surface area contributed by atoms with Crippen LogP contribution in [0.4, 0.5) is 5.69 Å². The summed E-state index contributed by atoms with van der Waals surface area (Å²) in [4.78, 5) is 0. The van der Waals surface area contributed by atoms with Crippen molar-refractivity contribution < 1.29 is 18.9 Å². The number of rotatable bonds is 6. The largest absolute Gasteiger partial charge is 0.493 e. The molecule has 25 heavy (non-hydrogen) atoms. The molecule has 1 atom stereocenters. The zero-order valence-electron chi connectivity index (χ0n) is 14.1. The fourth-order valence-corrected chi connectivity index (χ4v) is 2.68. The average Bonchev–Trinajstić information content (AvgIpc) is 3.07. The quantitative estimate of drug-likeness (QED) is 0.767. The molecule has 0 spiro atoms. The maximum absolute atomic E-state index is 5.79. The zero-order valence-corrected chi connectivity index (χ0v) is 14.9. The molecule has 0 radical (unpaired) electrons. The predicted molar refractivity (Wildman–Crippen MR) is 99.9 cm³/mol. The Balaban J connectivity index is 1.49. The molecule has 0 bridgehead atoms. The molecule has 0 saturated carbocycles. The molecule has 2 aromatic carbocycles. The molecule has 0 aliphatic carbocycles. The van der Waals surface area contributed by atoms with Crippen LogP contribution in [0.5, 0.6) is 23.0 Å². The highest BCUT2D eigenvalue weighted by Crippen LogP contribution is 2.34. The third-order valence-corrected chi connectivity index (χ3v) is 3.79. The molecule has 1 heterocycles. The fraction of sp³-hybridized carbons (Fsp3) is 0.278. The van der Waals surface area contributed by atoms with Crippen LogP contribution >= 0.6 is 12.2 Å². The van der Waals surface area contributed by atoms with E-state index in [9.17, 15) is 0 Å². The predicted octanol–water partition coefficient (Wildman–Crippen LogP) is 3.18. The first-order valence-electron chi connectivity index (χ1n) is 7.88. The summed E-state index contributed by atoms with van der Waals surface area (Å²) in [6, 6.07) is 13.1. The van der Waals surface area contributed by atoms with E-state index in [1.165, 1.54) is 0 Å². The third kappa shape index (κ3) is 4.45. The lowest BCUT2D eigenvalue weighted by Gasteiger charge is -2.18. The van der Waals surface area contributed by atoms with E-state index in [0.717, 1.165) is 11.4 Å². The summed E-state index contributed by atoms with van der Waals surface area (Å²) in [5.74, 6) is 2.85. The van der Waals surface area contributed by atoms with Crippen LogP contribution in [0.2, 0.25) is 0 Å². The van der Waals surface area contributed by atoms with Gasteiger partial charge in [-0.1, -0.05) is 12.1 Å². The van der Waals surface area contributed by atoms with Gasteiger partial charge in [-0.05, 0) is 43.4 Å². The van der Waals surface area contributed by atoms with E-state index in [2.05, 4.69) is 10.6 Å². The normalized spacial score (nSPS) is 13.0. The molecule has 7 heteroatoms. The first kappa shape index (κ1) is 17.2. The van der Waals surface area contributed by atoms with Gasteiger partial charge in [0.25, 0.3) is 0 Å². The fourth-order valence-electron chi connectivity index (χ4n) is 2.36. The summed E-state index contributed by atoms with van der Waals surface area (Å²) >= 11 is 5.35. The first-order valence-corrected chi connectivity index (χ1v) is 8.29. The molecule has 3 rings (SSSR count). The molecular weight excluding hydrogens is 340 g/mol. The van der Waals surface area contributed by atoms with Crippen LogP contribution in [0.15, 0.2) is 42.5 Å². The average molecular weight is 360 g/mol. The molecule has 0 unspecified atom stereocenters. The van der Waals surface area contributed by atoms with E-state index >= 15 is 0 Å². The van der Waals surface area contributed by atoms with Crippen LogP contribution in [0.3, 0.4) is 0 Å². The Morgan fingerprint density at radius 2 is 1.92 bits per heavy atom. The number of methoxy groups -OCH3 is 1. The van der Waals surface area contributed by atoms with Crippen molar-refractivity contribution >= 4 is 23.0 Å². The van der Waals surface area contributed by atoms with E-state index in [-0.39, 0.29) is 12.8 Å². The summed E-state index contributed by atoms with van der Waals surface area (Å²) in [6.07, 6.45) is 0. The number of ether oxygens (including phenoxy) is 4. The Hall–Kier alpha value is -2.67. The van der Waals surface area contributed by atoms with Crippen molar-refractivity contribution in [2.45, 2.75) is 13.0 Å². The summed E-state index contributed by atoms with van der Waals surface area (Å²) in [5.41, 5.74) is 0.833. The van der Waals surface area contributed by atoms with E-state index in [1.54, 1.807) is 7.11 Å². The van der Waals surface area contributed by atoms with Gasteiger partial charge in [-0.3, -0.25) is 0 Å². The number of benzene rings is 2. The molecule has 2 aromatic rings. The summed E-state index contributed by atoms with van der Waals surface area (Å²) in [5, 5.41) is 6.82. The van der Waals surface area contributed by atoms with Gasteiger partial charge >= 0.3 is 0 Å². The van der Waals surface area contributed by atoms with Gasteiger partial charge in [-0.2, -0.15) is 0 Å². The van der Waals surface area contributed by atoms with Crippen molar-refractivity contribution in [1.29, 1.82) is 0 Å². The summed E-state index contributed by atoms with van der Waals surface area (Å²) < 4.78 is 21.7. The number of hydrogen-bond acceptors (Lipinski definition) is 5. The van der Waals surface area contributed by atoms with Gasteiger partial charge in [-0.25, -0.2) is 0 Å². The number of nitrogens with one attached hydrogen (secondary N) is 2. The highest BCUT2D eigenvalue weighted by Gasteiger charge is 2.14. The number of fused-ring (bicyclic) bond motifs is 1. The Kier molecular flexibility index (Phi) is 5.45. The molecule has 0 aromatic heterocycles. The molecule has 132 valence electrons. The lowest BCUT2D eigenvalue weighted by Crippen LogP contribution is -2.39. The van der Waals surface area contributed by atoms with Crippen molar-refractivity contribution in [2.75, 3.05) is 25.8 Å². The zero-order chi connectivity index (χ0) is 17.6. The maximum Gasteiger partial charge on any atom is 0.231 e. The molecule has 1 aliphatic rings. The molecule has 0 amide bonds. The van der Waals surface area contributed by atoms with Crippen LogP contribution in [0.25, 0.3) is 0 Å². The third-order valence-electron chi connectivity index (χ3n) is 3.57. The molecule has 6 nitrogen and oxygen atoms in total. The van der Waals surface area contributed by atoms with Gasteiger partial charge in [-0.15, -0.1) is 0 Å². The van der Waals surface area contributed by atoms with E-state index in [0.29, 0.717) is 29.0 Å². The second-order valence-electron chi connectivity index (χ2n) is 5.53. The second kappa shape index (κ2) is 7.94. The Bertz CT molecular complexity index is 754. The monoisotopic (exact) mass is 360 g/mol. The minimum Gasteiger partial charge on any atom is -0.493 e. The number of anilines is 1. The topological polar surface area (TPSA) is 61.0 Å². The van der Waals surface area contributed by atoms with Crippen LogP contribution in [-0.2, 0) is 0 Å². The van der Waals surface area contributed by atoms with Crippen molar-refractivity contribution in [2.24, 2.45) is 0 Å². The molecule has 1 aliphatic heterocycles. The van der Waals surface area contributed by atoms with Crippen molar-refractivity contribution in [1.82, 2.24) is 5.32 Å². The van der Waals surface area contributed by atoms with E-state index in [4.69, 9.17) is 31.2 Å². The van der Waals surface area contributed by atoms with Crippen LogP contribution < -0.4 is 29.6 Å². The summed E-state index contributed by atoms with van der Waals surface area (Å²) in [7, 11) is 1.62. The second-order valence-corrected chi connectivity index (χ2v) is 5.94. The minimum absolute atomic E-state index is 0.0129. The standard InChI is InChI=1S/C18H20N2O4S/c1-12(10-22-15-6-4-3-5-14(15)21-2)19-18(25)20-13-7-8-16-17(9-13)24-11-23-16/h3-9,12H,10-11H2,1-2H3,(H2,19,20,25)/t12-/m1/s1. The van der Waals surface area contributed by atoms with Crippen molar-refractivity contribution in [3.63, 3.8) is 0 Å².